The van der Waals surface area contributed by atoms with E-state index < -0.39 is 0 Å². The van der Waals surface area contributed by atoms with Crippen LogP contribution >= 0.6 is 0 Å². The van der Waals surface area contributed by atoms with E-state index in [9.17, 15) is 0 Å². The molecule has 3 heteroatoms. The Kier molecular flexibility index (Phi) is 4.01. The lowest BCUT2D eigenvalue weighted by Gasteiger charge is -2.21. The Hall–Kier alpha value is -3.33. The zero-order chi connectivity index (χ0) is 19.1. The summed E-state index contributed by atoms with van der Waals surface area (Å²) in [5.41, 5.74) is 6.84. The number of hydrogen-bond donors (Lipinski definition) is 0. The average molecular weight is 365 g/mol. The van der Waals surface area contributed by atoms with Gasteiger partial charge in [0.25, 0.3) is 0 Å². The molecule has 2 aromatic carbocycles. The van der Waals surface area contributed by atoms with Crippen LogP contribution in [0.3, 0.4) is 0 Å². The summed E-state index contributed by atoms with van der Waals surface area (Å²) >= 11 is 0. The van der Waals surface area contributed by atoms with Crippen molar-refractivity contribution < 1.29 is 0 Å². The van der Waals surface area contributed by atoms with Crippen LogP contribution in [0.1, 0.15) is 13.8 Å². The van der Waals surface area contributed by atoms with E-state index in [-0.39, 0.29) is 0 Å². The molecule has 0 spiro atoms. The highest BCUT2D eigenvalue weighted by Gasteiger charge is 2.15. The zero-order valence-corrected chi connectivity index (χ0v) is 16.3. The number of nitrogens with zero attached hydrogens (tertiary/aromatic N) is 3. The molecule has 0 bridgehead atoms. The Labute approximate surface area is 164 Å². The Morgan fingerprint density at radius 2 is 1.57 bits per heavy atom. The van der Waals surface area contributed by atoms with Gasteiger partial charge in [0.2, 0.25) is 0 Å². The first-order valence-electron chi connectivity index (χ1n) is 9.94. The molecule has 138 valence electrons. The number of hydrogen-bond acceptors (Lipinski definition) is 2. The fourth-order valence-corrected chi connectivity index (χ4v) is 4.16. The summed E-state index contributed by atoms with van der Waals surface area (Å²) < 4.78 is 2.25. The van der Waals surface area contributed by atoms with Crippen LogP contribution in [0.2, 0.25) is 0 Å². The standard InChI is InChI=1S/C25H23N3/c1-3-27(4-2)19-14-12-18(13-15-19)24-25-22(17-20-9-7-8-16-28(20)25)21-10-5-6-11-23(21)26-24/h5-17H,3-4H2,1-2H3. The summed E-state index contributed by atoms with van der Waals surface area (Å²) in [6.45, 7) is 6.41. The number of aromatic nitrogens is 2. The highest BCUT2D eigenvalue weighted by molar-refractivity contribution is 6.12. The van der Waals surface area contributed by atoms with E-state index in [1.165, 1.54) is 27.5 Å². The van der Waals surface area contributed by atoms with Crippen LogP contribution in [0.25, 0.3) is 38.6 Å². The van der Waals surface area contributed by atoms with Crippen molar-refractivity contribution in [1.82, 2.24) is 9.38 Å². The minimum atomic E-state index is 1.01. The predicted octanol–water partition coefficient (Wildman–Crippen LogP) is 6.15. The summed E-state index contributed by atoms with van der Waals surface area (Å²) in [7, 11) is 0. The van der Waals surface area contributed by atoms with Gasteiger partial charge in [-0.25, -0.2) is 4.98 Å². The third-order valence-corrected chi connectivity index (χ3v) is 5.60. The number of para-hydroxylation sites is 1. The van der Waals surface area contributed by atoms with E-state index >= 15 is 0 Å². The number of rotatable bonds is 4. The molecule has 0 aliphatic carbocycles. The lowest BCUT2D eigenvalue weighted by molar-refractivity contribution is 0.866. The molecule has 3 heterocycles. The molecule has 5 aromatic rings. The maximum Gasteiger partial charge on any atom is 0.0956 e. The normalized spacial score (nSPS) is 11.5. The van der Waals surface area contributed by atoms with Crippen LogP contribution in [-0.4, -0.2) is 22.5 Å². The third-order valence-electron chi connectivity index (χ3n) is 5.60. The van der Waals surface area contributed by atoms with Crippen LogP contribution < -0.4 is 4.90 Å². The first-order chi connectivity index (χ1) is 13.8. The third kappa shape index (κ3) is 2.55. The van der Waals surface area contributed by atoms with E-state index in [0.29, 0.717) is 0 Å². The van der Waals surface area contributed by atoms with Gasteiger partial charge < -0.3 is 9.30 Å². The molecule has 0 saturated carbocycles. The monoisotopic (exact) mass is 365 g/mol. The maximum atomic E-state index is 5.08. The summed E-state index contributed by atoms with van der Waals surface area (Å²) in [5.74, 6) is 0. The van der Waals surface area contributed by atoms with Crippen molar-refractivity contribution >= 4 is 33.0 Å². The van der Waals surface area contributed by atoms with Crippen molar-refractivity contribution in [2.45, 2.75) is 13.8 Å². The Balaban J connectivity index is 1.80. The van der Waals surface area contributed by atoms with Crippen LogP contribution in [0, 0.1) is 0 Å². The van der Waals surface area contributed by atoms with Gasteiger partial charge >= 0.3 is 0 Å². The molecule has 3 aromatic heterocycles. The molecule has 3 nitrogen and oxygen atoms in total. The second-order valence-corrected chi connectivity index (χ2v) is 7.10. The van der Waals surface area contributed by atoms with Gasteiger partial charge in [-0.3, -0.25) is 0 Å². The van der Waals surface area contributed by atoms with Crippen LogP contribution in [0.15, 0.2) is 79.0 Å². The summed E-state index contributed by atoms with van der Waals surface area (Å²) in [5, 5.41) is 2.45. The fraction of sp³-hybridized carbons (Fsp3) is 0.160. The molecule has 0 fully saturated rings. The summed E-state index contributed by atoms with van der Waals surface area (Å²) in [6.07, 6.45) is 2.13. The van der Waals surface area contributed by atoms with Gasteiger partial charge in [-0.05, 0) is 50.2 Å². The minimum Gasteiger partial charge on any atom is -0.372 e. The van der Waals surface area contributed by atoms with E-state index in [2.05, 4.69) is 102 Å². The van der Waals surface area contributed by atoms with Crippen LogP contribution in [0.4, 0.5) is 5.69 Å². The largest absolute Gasteiger partial charge is 0.372 e. The average Bonchev–Trinajstić information content (AvgIpc) is 3.15. The van der Waals surface area contributed by atoms with Crippen molar-refractivity contribution in [2.75, 3.05) is 18.0 Å². The van der Waals surface area contributed by atoms with Crippen molar-refractivity contribution in [3.63, 3.8) is 0 Å². The molecule has 28 heavy (non-hydrogen) atoms. The molecule has 0 N–H and O–H groups in total. The minimum absolute atomic E-state index is 1.01. The Morgan fingerprint density at radius 3 is 2.36 bits per heavy atom. The van der Waals surface area contributed by atoms with Crippen molar-refractivity contribution in [3.05, 3.63) is 79.0 Å². The van der Waals surface area contributed by atoms with E-state index in [0.717, 1.165) is 29.9 Å². The molecule has 5 rings (SSSR count). The second kappa shape index (κ2) is 6.68. The van der Waals surface area contributed by atoms with E-state index in [1.54, 1.807) is 0 Å². The van der Waals surface area contributed by atoms with Crippen LogP contribution in [0.5, 0.6) is 0 Å². The smallest absolute Gasteiger partial charge is 0.0956 e. The van der Waals surface area contributed by atoms with Crippen molar-refractivity contribution in [2.24, 2.45) is 0 Å². The molecule has 0 radical (unpaired) electrons. The maximum absolute atomic E-state index is 5.08. The van der Waals surface area contributed by atoms with Gasteiger partial charge in [0.15, 0.2) is 0 Å². The second-order valence-electron chi connectivity index (χ2n) is 7.10. The number of anilines is 1. The van der Waals surface area contributed by atoms with Gasteiger partial charge in [-0.15, -0.1) is 0 Å². The molecular weight excluding hydrogens is 342 g/mol. The zero-order valence-electron chi connectivity index (χ0n) is 16.3. The van der Waals surface area contributed by atoms with Gasteiger partial charge in [0.05, 0.1) is 16.7 Å². The first-order valence-corrected chi connectivity index (χ1v) is 9.94. The Bertz CT molecular complexity index is 1280. The van der Waals surface area contributed by atoms with Gasteiger partial charge in [0, 0.05) is 46.8 Å². The molecular formula is C25H23N3. The quantitative estimate of drug-likeness (QED) is 0.380. The molecule has 0 saturated heterocycles. The highest BCUT2D eigenvalue weighted by Crippen LogP contribution is 2.35. The molecule has 0 amide bonds. The molecule has 0 aliphatic rings. The SMILES string of the molecule is CCN(CC)c1ccc(-c2nc3ccccc3c3cc4ccccn4c23)cc1. The topological polar surface area (TPSA) is 20.5 Å². The number of benzene rings is 2. The lowest BCUT2D eigenvalue weighted by atomic mass is 10.0. The number of fused-ring (bicyclic) bond motifs is 5. The molecule has 0 atom stereocenters. The van der Waals surface area contributed by atoms with Crippen molar-refractivity contribution in [3.8, 4) is 11.3 Å². The summed E-state index contributed by atoms with van der Waals surface area (Å²) in [6, 6.07) is 25.8. The van der Waals surface area contributed by atoms with Gasteiger partial charge in [-0.1, -0.05) is 36.4 Å². The highest BCUT2D eigenvalue weighted by atomic mass is 15.1. The molecule has 0 unspecified atom stereocenters. The Morgan fingerprint density at radius 1 is 0.821 bits per heavy atom. The fourth-order valence-electron chi connectivity index (χ4n) is 4.16. The van der Waals surface area contributed by atoms with Crippen LogP contribution in [-0.2, 0) is 0 Å². The predicted molar refractivity (Wildman–Crippen MR) is 119 cm³/mol. The number of pyridine rings is 2. The van der Waals surface area contributed by atoms with Crippen molar-refractivity contribution in [1.29, 1.82) is 0 Å². The summed E-state index contributed by atoms with van der Waals surface area (Å²) in [4.78, 5) is 7.44. The van der Waals surface area contributed by atoms with Gasteiger partial charge in [0.1, 0.15) is 0 Å². The van der Waals surface area contributed by atoms with E-state index in [1.807, 2.05) is 0 Å². The van der Waals surface area contributed by atoms with Gasteiger partial charge in [-0.2, -0.15) is 0 Å². The molecule has 0 aliphatic heterocycles. The first kappa shape index (κ1) is 16.8. The lowest BCUT2D eigenvalue weighted by Crippen LogP contribution is -2.21. The van der Waals surface area contributed by atoms with E-state index in [4.69, 9.17) is 4.98 Å².